The molecule has 0 spiro atoms. The van der Waals surface area contributed by atoms with Crippen LogP contribution in [0.2, 0.25) is 0 Å². The summed E-state index contributed by atoms with van der Waals surface area (Å²) in [6.07, 6.45) is 4.92. The second-order valence-corrected chi connectivity index (χ2v) is 13.4. The molecule has 0 radical (unpaired) electrons. The van der Waals surface area contributed by atoms with Crippen molar-refractivity contribution in [1.29, 1.82) is 5.41 Å². The minimum Gasteiger partial charge on any atom is -0.309 e. The van der Waals surface area contributed by atoms with Crippen LogP contribution < -0.4 is 0 Å². The largest absolute Gasteiger partial charge is 0.309 e. The van der Waals surface area contributed by atoms with Gasteiger partial charge in [-0.15, -0.1) is 11.3 Å². The van der Waals surface area contributed by atoms with Crippen molar-refractivity contribution in [3.05, 3.63) is 181 Å². The molecule has 1 N–H and O–H groups in total. The van der Waals surface area contributed by atoms with Crippen LogP contribution in [-0.2, 0) is 0 Å². The predicted octanol–water partition coefficient (Wildman–Crippen LogP) is 12.6. The van der Waals surface area contributed by atoms with Crippen LogP contribution in [0.5, 0.6) is 0 Å². The number of para-hydroxylation sites is 1. The summed E-state index contributed by atoms with van der Waals surface area (Å²) in [4.78, 5) is 4.87. The molecular weight excluding hydrogens is 627 g/mol. The van der Waals surface area contributed by atoms with Crippen molar-refractivity contribution in [2.24, 2.45) is 4.99 Å². The lowest BCUT2D eigenvalue weighted by Crippen LogP contribution is -1.95. The maximum Gasteiger partial charge on any atom is 0.0717 e. The molecule has 9 aromatic rings. The maximum absolute atomic E-state index is 7.78. The molecule has 2 heterocycles. The zero-order valence-corrected chi connectivity index (χ0v) is 27.9. The third-order valence-electron chi connectivity index (χ3n) is 9.40. The highest BCUT2D eigenvalue weighted by molar-refractivity contribution is 7.26. The monoisotopic (exact) mass is 657 g/mol. The van der Waals surface area contributed by atoms with E-state index in [9.17, 15) is 0 Å². The van der Waals surface area contributed by atoms with Gasteiger partial charge in [-0.1, -0.05) is 127 Å². The topological polar surface area (TPSA) is 41.1 Å². The molecule has 0 aliphatic rings. The lowest BCUT2D eigenvalue weighted by atomic mass is 10.0. The summed E-state index contributed by atoms with van der Waals surface area (Å²) < 4.78 is 4.99. The van der Waals surface area contributed by atoms with Gasteiger partial charge < -0.3 is 9.98 Å². The Balaban J connectivity index is 1.09. The normalized spacial score (nSPS) is 12.1. The van der Waals surface area contributed by atoms with Crippen LogP contribution in [0.1, 0.15) is 11.1 Å². The Morgan fingerprint density at radius 1 is 0.560 bits per heavy atom. The summed E-state index contributed by atoms with van der Waals surface area (Å²) >= 11 is 1.87. The first kappa shape index (κ1) is 29.8. The number of aromatic nitrogens is 1. The van der Waals surface area contributed by atoms with Gasteiger partial charge in [0.15, 0.2) is 0 Å². The molecule has 0 aliphatic carbocycles. The van der Waals surface area contributed by atoms with Crippen LogP contribution in [0.25, 0.3) is 75.6 Å². The van der Waals surface area contributed by atoms with Crippen molar-refractivity contribution in [3.63, 3.8) is 0 Å². The van der Waals surface area contributed by atoms with Crippen molar-refractivity contribution in [3.8, 4) is 27.9 Å². The van der Waals surface area contributed by atoms with Crippen molar-refractivity contribution in [2.75, 3.05) is 0 Å². The average Bonchev–Trinajstić information content (AvgIpc) is 3.73. The van der Waals surface area contributed by atoms with Crippen molar-refractivity contribution in [2.45, 2.75) is 0 Å². The molecule has 3 nitrogen and oxygen atoms in total. The quantitative estimate of drug-likeness (QED) is 0.166. The van der Waals surface area contributed by atoms with E-state index in [0.29, 0.717) is 0 Å². The first-order valence-electron chi connectivity index (χ1n) is 16.7. The van der Waals surface area contributed by atoms with Gasteiger partial charge in [0.1, 0.15) is 0 Å². The van der Waals surface area contributed by atoms with E-state index in [4.69, 9.17) is 10.4 Å². The summed E-state index contributed by atoms with van der Waals surface area (Å²) in [6, 6.07) is 58.1. The van der Waals surface area contributed by atoms with E-state index in [-0.39, 0.29) is 0 Å². The maximum atomic E-state index is 7.78. The van der Waals surface area contributed by atoms with Crippen molar-refractivity contribution < 1.29 is 0 Å². The highest BCUT2D eigenvalue weighted by Gasteiger charge is 2.15. The molecule has 9 rings (SSSR count). The number of rotatable bonds is 7. The molecule has 0 unspecified atom stereocenters. The number of thiophene rings is 1. The molecule has 0 fully saturated rings. The zero-order valence-electron chi connectivity index (χ0n) is 27.1. The smallest absolute Gasteiger partial charge is 0.0717 e. The average molecular weight is 658 g/mol. The second kappa shape index (κ2) is 12.6. The Kier molecular flexibility index (Phi) is 7.49. The van der Waals surface area contributed by atoms with Crippen LogP contribution >= 0.6 is 11.3 Å². The van der Waals surface area contributed by atoms with Crippen LogP contribution in [0.3, 0.4) is 0 Å². The Morgan fingerprint density at radius 2 is 1.26 bits per heavy atom. The molecule has 0 amide bonds. The summed E-state index contributed by atoms with van der Waals surface area (Å²) in [5.74, 6) is 0. The van der Waals surface area contributed by atoms with Crippen LogP contribution in [0.15, 0.2) is 175 Å². The van der Waals surface area contributed by atoms with Gasteiger partial charge in [-0.05, 0) is 70.3 Å². The van der Waals surface area contributed by atoms with Crippen LogP contribution in [0, 0.1) is 5.41 Å². The number of fused-ring (bicyclic) bond motifs is 6. The van der Waals surface area contributed by atoms with E-state index >= 15 is 0 Å². The van der Waals surface area contributed by atoms with Gasteiger partial charge in [-0.25, -0.2) is 0 Å². The molecule has 236 valence electrons. The van der Waals surface area contributed by atoms with Gasteiger partial charge in [0.2, 0.25) is 0 Å². The van der Waals surface area contributed by atoms with Gasteiger partial charge in [0.25, 0.3) is 0 Å². The summed E-state index contributed by atoms with van der Waals surface area (Å²) in [5, 5.41) is 12.9. The molecule has 0 saturated heterocycles. The molecule has 50 heavy (non-hydrogen) atoms. The Bertz CT molecular complexity index is 2760. The molecular formula is C46H31N3S. The number of allylic oxidation sites excluding steroid dienone is 1. The molecule has 0 saturated carbocycles. The van der Waals surface area contributed by atoms with E-state index < -0.39 is 0 Å². The van der Waals surface area contributed by atoms with Gasteiger partial charge in [-0.2, -0.15) is 0 Å². The first-order valence-corrected chi connectivity index (χ1v) is 17.5. The molecule has 2 aromatic heterocycles. The lowest BCUT2D eigenvalue weighted by molar-refractivity contribution is 1.18. The van der Waals surface area contributed by atoms with Gasteiger partial charge in [0.05, 0.1) is 16.7 Å². The lowest BCUT2D eigenvalue weighted by Gasteiger charge is -2.10. The number of aliphatic imine (C=N–C) groups is 1. The standard InChI is InChI=1S/C46H31N3S/c47-27-26-42(34-22-20-33(21-23-34)32-11-2-1-3-12-32)48-30-31-10-8-13-36(28-31)49-43-18-6-4-14-38(43)41-29-35(24-25-44(41)49)37-16-9-17-40-39-15-5-7-19-45(39)50-46(37)40/h1-30,47H/b42-26-,47-27?,48-30+. The summed E-state index contributed by atoms with van der Waals surface area (Å²) in [6.45, 7) is 0. The molecule has 0 atom stereocenters. The summed E-state index contributed by atoms with van der Waals surface area (Å²) in [7, 11) is 0. The molecule has 4 heteroatoms. The zero-order chi connectivity index (χ0) is 33.4. The van der Waals surface area contributed by atoms with Crippen LogP contribution in [-0.4, -0.2) is 17.0 Å². The highest BCUT2D eigenvalue weighted by atomic mass is 32.1. The van der Waals surface area contributed by atoms with Crippen molar-refractivity contribution in [1.82, 2.24) is 4.57 Å². The Labute approximate surface area is 294 Å². The van der Waals surface area contributed by atoms with Gasteiger partial charge in [0, 0.05) is 54.6 Å². The number of nitrogens with zero attached hydrogens (tertiary/aromatic N) is 2. The van der Waals surface area contributed by atoms with Crippen LogP contribution in [0.4, 0.5) is 0 Å². The van der Waals surface area contributed by atoms with E-state index in [1.165, 1.54) is 53.8 Å². The molecule has 0 bridgehead atoms. The number of hydrogen-bond acceptors (Lipinski definition) is 3. The van der Waals surface area contributed by atoms with E-state index in [1.54, 1.807) is 6.08 Å². The van der Waals surface area contributed by atoms with E-state index in [1.807, 2.05) is 35.8 Å². The SMILES string of the molecule is N=C/C=C(\N=C\c1cccc(-n2c3ccccc3c3cc(-c4cccc5c4sc4ccccc45)ccc32)c1)c1ccc(-c2ccccc2)cc1. The highest BCUT2D eigenvalue weighted by Crippen LogP contribution is 2.41. The second-order valence-electron chi connectivity index (χ2n) is 12.4. The summed E-state index contributed by atoms with van der Waals surface area (Å²) in [5.41, 5.74) is 10.9. The number of nitrogens with one attached hydrogen (secondary N) is 1. The first-order chi connectivity index (χ1) is 24.7. The third-order valence-corrected chi connectivity index (χ3v) is 10.6. The predicted molar refractivity (Wildman–Crippen MR) is 215 cm³/mol. The fourth-order valence-electron chi connectivity index (χ4n) is 7.04. The molecule has 0 aliphatic heterocycles. The third kappa shape index (κ3) is 5.23. The Hall–Kier alpha value is -6.36. The van der Waals surface area contributed by atoms with Crippen molar-refractivity contribution >= 4 is 71.4 Å². The molecule has 7 aromatic carbocycles. The van der Waals surface area contributed by atoms with E-state index in [2.05, 4.69) is 150 Å². The Morgan fingerprint density at radius 3 is 2.12 bits per heavy atom. The van der Waals surface area contributed by atoms with Gasteiger partial charge in [-0.3, -0.25) is 4.99 Å². The number of benzene rings is 7. The minimum atomic E-state index is 0.739. The fourth-order valence-corrected chi connectivity index (χ4v) is 8.28. The minimum absolute atomic E-state index is 0.739. The fraction of sp³-hybridized carbons (Fsp3) is 0. The van der Waals surface area contributed by atoms with Gasteiger partial charge >= 0.3 is 0 Å². The number of hydrogen-bond donors (Lipinski definition) is 1. The van der Waals surface area contributed by atoms with E-state index in [0.717, 1.165) is 39.1 Å².